The van der Waals surface area contributed by atoms with Crippen molar-refractivity contribution in [3.8, 4) is 0 Å². The zero-order chi connectivity index (χ0) is 21.3. The minimum Gasteiger partial charge on any atom is -0.417 e. The number of halogens is 2. The lowest BCUT2D eigenvalue weighted by molar-refractivity contribution is 0.269. The summed E-state index contributed by atoms with van der Waals surface area (Å²) >= 11 is 6.37. The van der Waals surface area contributed by atoms with Gasteiger partial charge in [-0.3, -0.25) is 0 Å². The van der Waals surface area contributed by atoms with Gasteiger partial charge in [-0.15, -0.1) is 0 Å². The highest BCUT2D eigenvalue weighted by Crippen LogP contribution is 2.48. The molecule has 0 saturated heterocycles. The lowest BCUT2D eigenvalue weighted by Gasteiger charge is -2.33. The molecular formula is C25H34ClFOSi. The normalized spacial score (nSPS) is 19.4. The zero-order valence-electron chi connectivity index (χ0n) is 18.4. The maximum atomic E-state index is 13.6. The van der Waals surface area contributed by atoms with Gasteiger partial charge < -0.3 is 4.43 Å². The first kappa shape index (κ1) is 22.5. The summed E-state index contributed by atoms with van der Waals surface area (Å²) in [5.74, 6) is -0.188. The van der Waals surface area contributed by atoms with Crippen LogP contribution in [0.4, 0.5) is 4.39 Å². The molecule has 0 spiro atoms. The molecule has 2 aromatic rings. The van der Waals surface area contributed by atoms with Crippen LogP contribution >= 0.6 is 11.6 Å². The molecule has 1 aliphatic carbocycles. The molecule has 4 heteroatoms. The Morgan fingerprint density at radius 1 is 1.10 bits per heavy atom. The van der Waals surface area contributed by atoms with Crippen LogP contribution in [0.3, 0.4) is 0 Å². The fourth-order valence-corrected chi connectivity index (χ4v) is 8.74. The minimum atomic E-state index is -1.68. The third kappa shape index (κ3) is 5.51. The molecule has 0 radical (unpaired) electrons. The van der Waals surface area contributed by atoms with E-state index < -0.39 is 8.32 Å². The second kappa shape index (κ2) is 8.53. The van der Waals surface area contributed by atoms with Crippen LogP contribution < -0.4 is 0 Å². The number of aryl methyl sites for hydroxylation is 1. The highest BCUT2D eigenvalue weighted by atomic mass is 35.5. The highest BCUT2D eigenvalue weighted by Gasteiger charge is 2.40. The summed E-state index contributed by atoms with van der Waals surface area (Å²) in [6, 6.07) is 14.5. The van der Waals surface area contributed by atoms with Gasteiger partial charge in [0.05, 0.1) is 0 Å². The van der Waals surface area contributed by atoms with E-state index in [1.165, 1.54) is 16.7 Å². The second-order valence-corrected chi connectivity index (χ2v) is 14.9. The van der Waals surface area contributed by atoms with Gasteiger partial charge in [0.2, 0.25) is 0 Å². The van der Waals surface area contributed by atoms with E-state index >= 15 is 0 Å². The standard InChI is InChI=1S/C25H34ClFOSi/c1-24(2,3)18-29(4,5)28-16-6-14-25(20-8-11-22(27)12-9-20)15-13-19-7-10-21(26)17-23(19)25/h7-12,17H,6,13-16,18H2,1-5H3. The molecule has 1 aliphatic rings. The number of rotatable bonds is 7. The number of hydrogen-bond acceptors (Lipinski definition) is 1. The molecule has 0 fully saturated rings. The largest absolute Gasteiger partial charge is 0.417 e. The number of benzene rings is 2. The molecule has 0 amide bonds. The van der Waals surface area contributed by atoms with Gasteiger partial charge in [0.15, 0.2) is 8.32 Å². The van der Waals surface area contributed by atoms with Crippen molar-refractivity contribution in [1.29, 1.82) is 0 Å². The van der Waals surface area contributed by atoms with Crippen LogP contribution in [0.2, 0.25) is 24.2 Å². The third-order valence-electron chi connectivity index (χ3n) is 6.00. The first-order chi connectivity index (χ1) is 13.5. The van der Waals surface area contributed by atoms with E-state index in [1.54, 1.807) is 12.1 Å². The van der Waals surface area contributed by atoms with Crippen molar-refractivity contribution < 1.29 is 8.82 Å². The van der Waals surface area contributed by atoms with Gasteiger partial charge in [-0.25, -0.2) is 4.39 Å². The summed E-state index contributed by atoms with van der Waals surface area (Å²) in [5.41, 5.74) is 4.05. The van der Waals surface area contributed by atoms with Crippen LogP contribution in [-0.4, -0.2) is 14.9 Å². The van der Waals surface area contributed by atoms with Crippen LogP contribution in [-0.2, 0) is 16.3 Å². The topological polar surface area (TPSA) is 9.23 Å². The summed E-state index contributed by atoms with van der Waals surface area (Å²) in [5, 5.41) is 0.770. The van der Waals surface area contributed by atoms with Gasteiger partial charge in [0.25, 0.3) is 0 Å². The molecule has 0 heterocycles. The predicted octanol–water partition coefficient (Wildman–Crippen LogP) is 7.76. The Morgan fingerprint density at radius 2 is 1.79 bits per heavy atom. The van der Waals surface area contributed by atoms with Gasteiger partial charge in [-0.05, 0) is 91.2 Å². The van der Waals surface area contributed by atoms with Crippen molar-refractivity contribution in [3.63, 3.8) is 0 Å². The van der Waals surface area contributed by atoms with Crippen molar-refractivity contribution in [2.45, 2.75) is 71.0 Å². The van der Waals surface area contributed by atoms with E-state index in [1.807, 2.05) is 18.2 Å². The Morgan fingerprint density at radius 3 is 2.45 bits per heavy atom. The molecular weight excluding hydrogens is 399 g/mol. The van der Waals surface area contributed by atoms with E-state index in [0.29, 0.717) is 5.41 Å². The van der Waals surface area contributed by atoms with Crippen LogP contribution in [0.5, 0.6) is 0 Å². The maximum Gasteiger partial charge on any atom is 0.187 e. The van der Waals surface area contributed by atoms with Crippen LogP contribution in [0, 0.1) is 11.2 Å². The molecule has 0 aromatic heterocycles. The molecule has 1 atom stereocenters. The third-order valence-corrected chi connectivity index (χ3v) is 9.13. The molecule has 0 saturated carbocycles. The van der Waals surface area contributed by atoms with Crippen LogP contribution in [0.15, 0.2) is 42.5 Å². The van der Waals surface area contributed by atoms with Crippen molar-refractivity contribution >= 4 is 19.9 Å². The Labute approximate surface area is 181 Å². The monoisotopic (exact) mass is 432 g/mol. The summed E-state index contributed by atoms with van der Waals surface area (Å²) in [6.07, 6.45) is 4.06. The molecule has 158 valence electrons. The highest BCUT2D eigenvalue weighted by molar-refractivity contribution is 6.71. The summed E-state index contributed by atoms with van der Waals surface area (Å²) < 4.78 is 20.0. The molecule has 1 nitrogen and oxygen atoms in total. The van der Waals surface area contributed by atoms with Crippen molar-refractivity contribution in [2.75, 3.05) is 6.61 Å². The molecule has 2 aromatic carbocycles. The molecule has 3 rings (SSSR count). The van der Waals surface area contributed by atoms with Crippen molar-refractivity contribution in [2.24, 2.45) is 5.41 Å². The predicted molar refractivity (Wildman–Crippen MR) is 124 cm³/mol. The number of hydrogen-bond donors (Lipinski definition) is 0. The Hall–Kier alpha value is -1.16. The van der Waals surface area contributed by atoms with Gasteiger partial charge in [-0.2, -0.15) is 0 Å². The van der Waals surface area contributed by atoms with E-state index in [0.717, 1.165) is 43.4 Å². The van der Waals surface area contributed by atoms with Gasteiger partial charge in [-0.1, -0.05) is 50.6 Å². The maximum absolute atomic E-state index is 13.6. The lowest BCUT2D eigenvalue weighted by Crippen LogP contribution is -2.35. The molecule has 0 aliphatic heterocycles. The number of fused-ring (bicyclic) bond motifs is 1. The Bertz CT molecular complexity index is 841. The molecule has 29 heavy (non-hydrogen) atoms. The zero-order valence-corrected chi connectivity index (χ0v) is 20.2. The van der Waals surface area contributed by atoms with Gasteiger partial charge in [0, 0.05) is 17.0 Å². The van der Waals surface area contributed by atoms with E-state index in [-0.39, 0.29) is 11.2 Å². The molecule has 1 unspecified atom stereocenters. The van der Waals surface area contributed by atoms with E-state index in [4.69, 9.17) is 16.0 Å². The first-order valence-electron chi connectivity index (χ1n) is 10.7. The molecule has 0 bridgehead atoms. The summed E-state index contributed by atoms with van der Waals surface area (Å²) in [7, 11) is -1.68. The van der Waals surface area contributed by atoms with E-state index in [2.05, 4.69) is 46.0 Å². The van der Waals surface area contributed by atoms with Gasteiger partial charge >= 0.3 is 0 Å². The molecule has 0 N–H and O–H groups in total. The average molecular weight is 433 g/mol. The summed E-state index contributed by atoms with van der Waals surface area (Å²) in [4.78, 5) is 0. The van der Waals surface area contributed by atoms with Crippen molar-refractivity contribution in [1.82, 2.24) is 0 Å². The quantitative estimate of drug-likeness (QED) is 0.320. The lowest BCUT2D eigenvalue weighted by atomic mass is 9.72. The van der Waals surface area contributed by atoms with Crippen LogP contribution in [0.25, 0.3) is 0 Å². The fourth-order valence-electron chi connectivity index (χ4n) is 5.22. The van der Waals surface area contributed by atoms with Crippen molar-refractivity contribution in [3.05, 3.63) is 70.0 Å². The Balaban J connectivity index is 1.79. The second-order valence-electron chi connectivity index (χ2n) is 10.3. The first-order valence-corrected chi connectivity index (χ1v) is 14.2. The average Bonchev–Trinajstić information content (AvgIpc) is 2.96. The Kier molecular flexibility index (Phi) is 6.62. The smallest absolute Gasteiger partial charge is 0.187 e. The summed E-state index contributed by atoms with van der Waals surface area (Å²) in [6.45, 7) is 12.3. The van der Waals surface area contributed by atoms with Gasteiger partial charge in [0.1, 0.15) is 5.82 Å². The SMILES string of the molecule is CC(C)(C)C[Si](C)(C)OCCCC1(c2ccc(F)cc2)CCc2ccc(Cl)cc21. The fraction of sp³-hybridized carbons (Fsp3) is 0.520. The minimum absolute atomic E-state index is 0.104. The van der Waals surface area contributed by atoms with Crippen LogP contribution in [0.1, 0.15) is 56.7 Å². The van der Waals surface area contributed by atoms with E-state index in [9.17, 15) is 4.39 Å².